The van der Waals surface area contributed by atoms with Gasteiger partial charge in [-0.1, -0.05) is 25.0 Å². The summed E-state index contributed by atoms with van der Waals surface area (Å²) >= 11 is 0. The Balaban J connectivity index is 0.00000312. The topological polar surface area (TPSA) is 48.9 Å². The van der Waals surface area contributed by atoms with Gasteiger partial charge in [0.15, 0.2) is 5.96 Å². The van der Waals surface area contributed by atoms with Crippen molar-refractivity contribution in [2.75, 3.05) is 40.8 Å². The van der Waals surface area contributed by atoms with E-state index >= 15 is 0 Å². The molecule has 0 aromatic heterocycles. The summed E-state index contributed by atoms with van der Waals surface area (Å²) in [6.45, 7) is 2.85. The molecule has 0 atom stereocenters. The highest BCUT2D eigenvalue weighted by atomic mass is 127. The van der Waals surface area contributed by atoms with Crippen LogP contribution in [0.25, 0.3) is 0 Å². The molecule has 1 aliphatic rings. The molecule has 1 aromatic carbocycles. The van der Waals surface area contributed by atoms with E-state index < -0.39 is 0 Å². The largest absolute Gasteiger partial charge is 0.497 e. The van der Waals surface area contributed by atoms with Crippen LogP contribution in [0.2, 0.25) is 0 Å². The number of ether oxygens (including phenoxy) is 1. The highest BCUT2D eigenvalue weighted by molar-refractivity contribution is 14.0. The van der Waals surface area contributed by atoms with Crippen LogP contribution in [-0.2, 0) is 6.42 Å². The summed E-state index contributed by atoms with van der Waals surface area (Å²) in [6.07, 6.45) is 6.44. The molecule has 5 nitrogen and oxygen atoms in total. The van der Waals surface area contributed by atoms with Crippen molar-refractivity contribution in [2.45, 2.75) is 38.1 Å². The quantitative estimate of drug-likeness (QED) is 0.356. The number of halogens is 1. The molecule has 0 amide bonds. The van der Waals surface area contributed by atoms with Gasteiger partial charge in [0.2, 0.25) is 0 Å². The average molecular weight is 460 g/mol. The number of rotatable bonds is 8. The molecule has 1 fully saturated rings. The Labute approximate surface area is 169 Å². The van der Waals surface area contributed by atoms with Crippen LogP contribution in [0, 0.1) is 0 Å². The number of guanidine groups is 1. The van der Waals surface area contributed by atoms with Gasteiger partial charge in [-0.3, -0.25) is 4.99 Å². The van der Waals surface area contributed by atoms with E-state index in [1.165, 1.54) is 31.2 Å². The molecular formula is C19H33IN4O. The van der Waals surface area contributed by atoms with Crippen molar-refractivity contribution in [3.8, 4) is 5.75 Å². The summed E-state index contributed by atoms with van der Waals surface area (Å²) in [7, 11) is 5.75. The number of methoxy groups -OCH3 is 1. The van der Waals surface area contributed by atoms with E-state index in [0.29, 0.717) is 0 Å². The number of nitrogens with one attached hydrogen (secondary N) is 2. The van der Waals surface area contributed by atoms with Gasteiger partial charge in [-0.05, 0) is 44.0 Å². The van der Waals surface area contributed by atoms with Crippen molar-refractivity contribution in [1.29, 1.82) is 0 Å². The Morgan fingerprint density at radius 3 is 2.40 bits per heavy atom. The normalized spacial score (nSPS) is 15.1. The Hall–Kier alpha value is -1.02. The molecular weight excluding hydrogens is 427 g/mol. The molecule has 1 aliphatic carbocycles. The average Bonchev–Trinajstić information content (AvgIpc) is 3.15. The van der Waals surface area contributed by atoms with E-state index in [-0.39, 0.29) is 24.0 Å². The van der Waals surface area contributed by atoms with Crippen LogP contribution in [-0.4, -0.2) is 57.7 Å². The fraction of sp³-hybridized carbons (Fsp3) is 0.632. The zero-order chi connectivity index (χ0) is 17.2. The third-order valence-electron chi connectivity index (χ3n) is 4.79. The predicted octanol–water partition coefficient (Wildman–Crippen LogP) is 2.90. The molecule has 0 unspecified atom stereocenters. The molecule has 6 heteroatoms. The minimum atomic E-state index is 0. The number of aliphatic imine (C=N–C) groups is 1. The summed E-state index contributed by atoms with van der Waals surface area (Å²) in [5.41, 5.74) is 1.29. The van der Waals surface area contributed by atoms with Crippen molar-refractivity contribution in [3.63, 3.8) is 0 Å². The van der Waals surface area contributed by atoms with Crippen molar-refractivity contribution >= 4 is 29.9 Å². The van der Waals surface area contributed by atoms with Crippen LogP contribution in [0.3, 0.4) is 0 Å². The second kappa shape index (κ2) is 12.4. The molecule has 0 spiro atoms. The molecule has 2 N–H and O–H groups in total. The van der Waals surface area contributed by atoms with E-state index in [1.807, 2.05) is 19.2 Å². The minimum Gasteiger partial charge on any atom is -0.497 e. The maximum Gasteiger partial charge on any atom is 0.191 e. The zero-order valence-electron chi connectivity index (χ0n) is 15.8. The van der Waals surface area contributed by atoms with E-state index in [4.69, 9.17) is 4.74 Å². The van der Waals surface area contributed by atoms with E-state index in [0.717, 1.165) is 43.8 Å². The van der Waals surface area contributed by atoms with Crippen molar-refractivity contribution in [2.24, 2.45) is 4.99 Å². The first-order chi connectivity index (χ1) is 11.7. The van der Waals surface area contributed by atoms with Crippen LogP contribution < -0.4 is 15.4 Å². The molecule has 0 bridgehead atoms. The number of hydrogen-bond donors (Lipinski definition) is 2. The SMILES string of the molecule is CN=C(NCCc1ccc(OC)cc1)NCCN(C)C1CCCC1.I. The molecule has 142 valence electrons. The lowest BCUT2D eigenvalue weighted by molar-refractivity contribution is 0.249. The summed E-state index contributed by atoms with van der Waals surface area (Å²) in [5, 5.41) is 6.78. The van der Waals surface area contributed by atoms with E-state index in [1.54, 1.807) is 7.11 Å². The summed E-state index contributed by atoms with van der Waals surface area (Å²) in [6, 6.07) is 8.99. The summed E-state index contributed by atoms with van der Waals surface area (Å²) in [4.78, 5) is 6.77. The minimum absolute atomic E-state index is 0. The van der Waals surface area contributed by atoms with Gasteiger partial charge in [0.1, 0.15) is 5.75 Å². The Morgan fingerprint density at radius 2 is 1.80 bits per heavy atom. The number of likely N-dealkylation sites (N-methyl/N-ethyl adjacent to an activating group) is 1. The fourth-order valence-electron chi connectivity index (χ4n) is 3.22. The first kappa shape index (κ1) is 22.0. The number of nitrogens with zero attached hydrogens (tertiary/aromatic N) is 2. The second-order valence-corrected chi connectivity index (χ2v) is 6.44. The van der Waals surface area contributed by atoms with Gasteiger partial charge in [0, 0.05) is 32.7 Å². The lowest BCUT2D eigenvalue weighted by Gasteiger charge is -2.24. The van der Waals surface area contributed by atoms with E-state index in [9.17, 15) is 0 Å². The highest BCUT2D eigenvalue weighted by Crippen LogP contribution is 2.21. The summed E-state index contributed by atoms with van der Waals surface area (Å²) in [5.74, 6) is 1.78. The predicted molar refractivity (Wildman–Crippen MR) is 116 cm³/mol. The molecule has 25 heavy (non-hydrogen) atoms. The molecule has 1 saturated carbocycles. The smallest absolute Gasteiger partial charge is 0.191 e. The van der Waals surface area contributed by atoms with Gasteiger partial charge in [-0.25, -0.2) is 0 Å². The van der Waals surface area contributed by atoms with Crippen molar-refractivity contribution < 1.29 is 4.74 Å². The van der Waals surface area contributed by atoms with Crippen molar-refractivity contribution in [1.82, 2.24) is 15.5 Å². The van der Waals surface area contributed by atoms with Crippen LogP contribution >= 0.6 is 24.0 Å². The first-order valence-electron chi connectivity index (χ1n) is 9.00. The molecule has 0 saturated heterocycles. The van der Waals surface area contributed by atoms with Crippen molar-refractivity contribution in [3.05, 3.63) is 29.8 Å². The first-order valence-corrected chi connectivity index (χ1v) is 9.00. The van der Waals surface area contributed by atoms with Gasteiger partial charge >= 0.3 is 0 Å². The molecule has 0 radical (unpaired) electrons. The number of hydrogen-bond acceptors (Lipinski definition) is 3. The third kappa shape index (κ3) is 7.81. The maximum absolute atomic E-state index is 5.18. The Morgan fingerprint density at radius 1 is 1.16 bits per heavy atom. The van der Waals surface area contributed by atoms with Gasteiger partial charge in [-0.15, -0.1) is 24.0 Å². The lowest BCUT2D eigenvalue weighted by atomic mass is 10.1. The van der Waals surface area contributed by atoms with Gasteiger partial charge < -0.3 is 20.3 Å². The third-order valence-corrected chi connectivity index (χ3v) is 4.79. The molecule has 0 heterocycles. The van der Waals surface area contributed by atoms with Crippen LogP contribution in [0.15, 0.2) is 29.3 Å². The van der Waals surface area contributed by atoms with Crippen LogP contribution in [0.5, 0.6) is 5.75 Å². The zero-order valence-corrected chi connectivity index (χ0v) is 18.1. The Bertz CT molecular complexity index is 501. The maximum atomic E-state index is 5.18. The van der Waals surface area contributed by atoms with Gasteiger partial charge in [0.25, 0.3) is 0 Å². The van der Waals surface area contributed by atoms with E-state index in [2.05, 4.69) is 39.7 Å². The molecule has 1 aromatic rings. The van der Waals surface area contributed by atoms with Crippen LogP contribution in [0.1, 0.15) is 31.2 Å². The summed E-state index contributed by atoms with van der Waals surface area (Å²) < 4.78 is 5.18. The monoisotopic (exact) mass is 460 g/mol. The second-order valence-electron chi connectivity index (χ2n) is 6.44. The van der Waals surface area contributed by atoms with Gasteiger partial charge in [-0.2, -0.15) is 0 Å². The Kier molecular flexibility index (Phi) is 10.9. The standard InChI is InChI=1S/C19H32N4O.HI/c1-20-19(22-14-15-23(2)17-6-4-5-7-17)21-13-12-16-8-10-18(24-3)11-9-16;/h8-11,17H,4-7,12-15H2,1-3H3,(H2,20,21,22);1H. The lowest BCUT2D eigenvalue weighted by Crippen LogP contribution is -2.43. The van der Waals surface area contributed by atoms with Crippen LogP contribution in [0.4, 0.5) is 0 Å². The number of benzene rings is 1. The molecule has 0 aliphatic heterocycles. The highest BCUT2D eigenvalue weighted by Gasteiger charge is 2.18. The van der Waals surface area contributed by atoms with Gasteiger partial charge in [0.05, 0.1) is 7.11 Å². The fourth-order valence-corrected chi connectivity index (χ4v) is 3.22. The molecule has 2 rings (SSSR count).